The van der Waals surface area contributed by atoms with E-state index in [4.69, 9.17) is 9.84 Å². The van der Waals surface area contributed by atoms with Crippen LogP contribution in [0.1, 0.15) is 16.8 Å². The van der Waals surface area contributed by atoms with Gasteiger partial charge in [0, 0.05) is 13.1 Å². The van der Waals surface area contributed by atoms with E-state index in [1.54, 1.807) is 12.1 Å². The van der Waals surface area contributed by atoms with Crippen molar-refractivity contribution in [1.82, 2.24) is 4.90 Å². The molecule has 1 atom stereocenters. The van der Waals surface area contributed by atoms with E-state index >= 15 is 0 Å². The lowest BCUT2D eigenvalue weighted by Crippen LogP contribution is -2.47. The highest BCUT2D eigenvalue weighted by atomic mass is 19.4. The second-order valence-electron chi connectivity index (χ2n) is 5.06. The Labute approximate surface area is 124 Å². The number of hydrogen-bond acceptors (Lipinski definition) is 3. The molecule has 1 aromatic rings. The summed E-state index contributed by atoms with van der Waals surface area (Å²) in [5, 5.41) is 8.99. The number of carboxylic acids is 1. The van der Waals surface area contributed by atoms with Gasteiger partial charge in [0.25, 0.3) is 5.91 Å². The number of aliphatic carboxylic acids is 1. The standard InChI is InChI=1S/C14H14F3NO4/c1-22-10-5-3-2-4-9(10)11(19)18-7-6-13(8-18,12(20)21)14(15,16)17/h2-5H,6-8H2,1H3,(H,20,21). The second kappa shape index (κ2) is 5.51. The summed E-state index contributed by atoms with van der Waals surface area (Å²) >= 11 is 0. The number of halogens is 3. The van der Waals surface area contributed by atoms with Crippen LogP contribution >= 0.6 is 0 Å². The number of nitrogens with zero attached hydrogens (tertiary/aromatic N) is 1. The van der Waals surface area contributed by atoms with Gasteiger partial charge in [-0.25, -0.2) is 0 Å². The van der Waals surface area contributed by atoms with Crippen molar-refractivity contribution >= 4 is 11.9 Å². The molecule has 0 saturated carbocycles. The molecule has 0 aliphatic carbocycles. The van der Waals surface area contributed by atoms with Crippen LogP contribution < -0.4 is 4.74 Å². The monoisotopic (exact) mass is 317 g/mol. The summed E-state index contributed by atoms with van der Waals surface area (Å²) in [6.45, 7) is -1.18. The molecule has 2 rings (SSSR count). The summed E-state index contributed by atoms with van der Waals surface area (Å²) in [6.07, 6.45) is -5.58. The van der Waals surface area contributed by atoms with Crippen LogP contribution in [0, 0.1) is 5.41 Å². The maximum atomic E-state index is 13.1. The van der Waals surface area contributed by atoms with Gasteiger partial charge in [0.15, 0.2) is 5.41 Å². The summed E-state index contributed by atoms with van der Waals surface area (Å²) in [7, 11) is 1.34. The summed E-state index contributed by atoms with van der Waals surface area (Å²) < 4.78 is 44.3. The lowest BCUT2D eigenvalue weighted by molar-refractivity contribution is -0.227. The van der Waals surface area contributed by atoms with Crippen molar-refractivity contribution in [3.63, 3.8) is 0 Å². The maximum Gasteiger partial charge on any atom is 0.406 e. The van der Waals surface area contributed by atoms with Gasteiger partial charge in [0.2, 0.25) is 0 Å². The van der Waals surface area contributed by atoms with Crippen LogP contribution in [0.5, 0.6) is 5.75 Å². The fourth-order valence-electron chi connectivity index (χ4n) is 2.50. The molecular formula is C14H14F3NO4. The van der Waals surface area contributed by atoms with Gasteiger partial charge in [-0.2, -0.15) is 13.2 Å². The number of carbonyl (C=O) groups is 2. The Morgan fingerprint density at radius 1 is 1.32 bits per heavy atom. The van der Waals surface area contributed by atoms with Crippen LogP contribution in [0.15, 0.2) is 24.3 Å². The zero-order valence-corrected chi connectivity index (χ0v) is 11.7. The molecule has 120 valence electrons. The Balaban J connectivity index is 2.29. The minimum absolute atomic E-state index is 0.105. The Hall–Kier alpha value is -2.25. The number of benzene rings is 1. The Kier molecular flexibility index (Phi) is 4.04. The summed E-state index contributed by atoms with van der Waals surface area (Å²) in [4.78, 5) is 24.4. The van der Waals surface area contributed by atoms with Gasteiger partial charge < -0.3 is 14.7 Å². The number of para-hydroxylation sites is 1. The van der Waals surface area contributed by atoms with Gasteiger partial charge in [0.1, 0.15) is 5.75 Å². The topological polar surface area (TPSA) is 66.8 Å². The van der Waals surface area contributed by atoms with Crippen LogP contribution in [0.3, 0.4) is 0 Å². The minimum Gasteiger partial charge on any atom is -0.496 e. The molecule has 1 unspecified atom stereocenters. The molecule has 22 heavy (non-hydrogen) atoms. The average molecular weight is 317 g/mol. The molecule has 1 N–H and O–H groups in total. The van der Waals surface area contributed by atoms with Crippen LogP contribution in [0.25, 0.3) is 0 Å². The van der Waals surface area contributed by atoms with Gasteiger partial charge >= 0.3 is 12.1 Å². The third kappa shape index (κ3) is 2.49. The number of methoxy groups -OCH3 is 1. The largest absolute Gasteiger partial charge is 0.496 e. The predicted octanol–water partition coefficient (Wildman–Crippen LogP) is 2.17. The third-order valence-electron chi connectivity index (χ3n) is 3.85. The summed E-state index contributed by atoms with van der Waals surface area (Å²) in [6, 6.07) is 6.11. The first-order valence-corrected chi connectivity index (χ1v) is 6.45. The molecule has 5 nitrogen and oxygen atoms in total. The molecule has 1 aliphatic rings. The van der Waals surface area contributed by atoms with Crippen LogP contribution in [-0.2, 0) is 4.79 Å². The average Bonchev–Trinajstić information content (AvgIpc) is 2.92. The zero-order valence-electron chi connectivity index (χ0n) is 11.7. The normalized spacial score (nSPS) is 21.7. The Morgan fingerprint density at radius 2 is 1.95 bits per heavy atom. The first-order valence-electron chi connectivity index (χ1n) is 6.45. The van der Waals surface area contributed by atoms with E-state index in [0.717, 1.165) is 4.90 Å². The molecule has 1 amide bonds. The number of ether oxygens (including phenoxy) is 1. The predicted molar refractivity (Wildman–Crippen MR) is 69.6 cm³/mol. The van der Waals surface area contributed by atoms with Gasteiger partial charge in [-0.05, 0) is 18.6 Å². The molecule has 8 heteroatoms. The van der Waals surface area contributed by atoms with Crippen molar-refractivity contribution in [2.24, 2.45) is 5.41 Å². The Morgan fingerprint density at radius 3 is 2.45 bits per heavy atom. The first-order chi connectivity index (χ1) is 10.2. The van der Waals surface area contributed by atoms with Crippen LogP contribution in [-0.4, -0.2) is 48.3 Å². The molecule has 1 aromatic carbocycles. The van der Waals surface area contributed by atoms with Gasteiger partial charge in [-0.3, -0.25) is 9.59 Å². The van der Waals surface area contributed by atoms with Crippen molar-refractivity contribution < 1.29 is 32.6 Å². The molecule has 0 bridgehead atoms. The molecule has 1 saturated heterocycles. The highest BCUT2D eigenvalue weighted by molar-refractivity contribution is 5.97. The van der Waals surface area contributed by atoms with Crippen molar-refractivity contribution in [3.8, 4) is 5.75 Å². The van der Waals surface area contributed by atoms with E-state index in [1.807, 2.05) is 0 Å². The van der Waals surface area contributed by atoms with Crippen molar-refractivity contribution in [2.45, 2.75) is 12.6 Å². The van der Waals surface area contributed by atoms with E-state index in [2.05, 4.69) is 0 Å². The number of carboxylic acid groups (broad SMARTS) is 1. The molecule has 0 aromatic heterocycles. The molecule has 1 fully saturated rings. The number of alkyl halides is 3. The number of likely N-dealkylation sites (tertiary alicyclic amines) is 1. The SMILES string of the molecule is COc1ccccc1C(=O)N1CCC(C(=O)O)(C(F)(F)F)C1. The molecule has 1 heterocycles. The van der Waals surface area contributed by atoms with Crippen LogP contribution in [0.2, 0.25) is 0 Å². The van der Waals surface area contributed by atoms with Crippen molar-refractivity contribution in [3.05, 3.63) is 29.8 Å². The second-order valence-corrected chi connectivity index (χ2v) is 5.06. The smallest absolute Gasteiger partial charge is 0.406 e. The third-order valence-corrected chi connectivity index (χ3v) is 3.85. The first kappa shape index (κ1) is 16.1. The quantitative estimate of drug-likeness (QED) is 0.928. The van der Waals surface area contributed by atoms with E-state index in [1.165, 1.54) is 19.2 Å². The number of carbonyl (C=O) groups excluding carboxylic acids is 1. The highest BCUT2D eigenvalue weighted by Crippen LogP contribution is 2.46. The molecule has 0 radical (unpaired) electrons. The molecular weight excluding hydrogens is 303 g/mol. The van der Waals surface area contributed by atoms with E-state index in [-0.39, 0.29) is 17.9 Å². The van der Waals surface area contributed by atoms with E-state index < -0.39 is 36.4 Å². The lowest BCUT2D eigenvalue weighted by Gasteiger charge is -2.27. The lowest BCUT2D eigenvalue weighted by atomic mass is 9.86. The summed E-state index contributed by atoms with van der Waals surface area (Å²) in [5.74, 6) is -2.41. The number of hydrogen-bond donors (Lipinski definition) is 1. The zero-order chi connectivity index (χ0) is 16.5. The minimum atomic E-state index is -4.92. The highest BCUT2D eigenvalue weighted by Gasteiger charge is 2.64. The number of amides is 1. The maximum absolute atomic E-state index is 13.1. The molecule has 1 aliphatic heterocycles. The van der Waals surface area contributed by atoms with Crippen molar-refractivity contribution in [1.29, 1.82) is 0 Å². The van der Waals surface area contributed by atoms with E-state index in [0.29, 0.717) is 0 Å². The van der Waals surface area contributed by atoms with Gasteiger partial charge in [0.05, 0.1) is 12.7 Å². The van der Waals surface area contributed by atoms with Gasteiger partial charge in [-0.1, -0.05) is 12.1 Å². The van der Waals surface area contributed by atoms with Crippen LogP contribution in [0.4, 0.5) is 13.2 Å². The number of rotatable bonds is 3. The molecule has 0 spiro atoms. The Bertz CT molecular complexity index is 602. The fraction of sp³-hybridized carbons (Fsp3) is 0.429. The van der Waals surface area contributed by atoms with Gasteiger partial charge in [-0.15, -0.1) is 0 Å². The summed E-state index contributed by atoms with van der Waals surface area (Å²) in [5.41, 5.74) is -2.81. The fourth-order valence-corrected chi connectivity index (χ4v) is 2.50. The van der Waals surface area contributed by atoms with E-state index in [9.17, 15) is 22.8 Å². The van der Waals surface area contributed by atoms with Crippen molar-refractivity contribution in [2.75, 3.05) is 20.2 Å².